The predicted molar refractivity (Wildman–Crippen MR) is 125 cm³/mol. The molecular weight excluding hydrogens is 438 g/mol. The van der Waals surface area contributed by atoms with Crippen LogP contribution in [-0.4, -0.2) is 50.6 Å². The quantitative estimate of drug-likeness (QED) is 0.313. The van der Waals surface area contributed by atoms with E-state index in [-0.39, 0.29) is 22.4 Å². The SMILES string of the molecule is COC(=O)c1c(C(=O)OC)c2ccc3cc(C)ccc3n2c1C(=O)c1ccc(OC)c(OC)c1. The molecular formula is C26H23NO7. The molecule has 0 N–H and O–H groups in total. The summed E-state index contributed by atoms with van der Waals surface area (Å²) in [5, 5.41) is 0.830. The number of carbonyl (C=O) groups excluding carboxylic acids is 3. The first-order valence-corrected chi connectivity index (χ1v) is 10.4. The largest absolute Gasteiger partial charge is 0.493 e. The van der Waals surface area contributed by atoms with Gasteiger partial charge in [0.05, 0.1) is 39.5 Å². The Bertz CT molecular complexity index is 1470. The third-order valence-corrected chi connectivity index (χ3v) is 5.69. The average Bonchev–Trinajstić information content (AvgIpc) is 3.22. The van der Waals surface area contributed by atoms with Gasteiger partial charge in [-0.2, -0.15) is 0 Å². The van der Waals surface area contributed by atoms with Gasteiger partial charge in [-0.1, -0.05) is 17.7 Å². The Hall–Kier alpha value is -4.33. The highest BCUT2D eigenvalue weighted by molar-refractivity contribution is 6.20. The number of aryl methyl sites for hydroxylation is 1. The normalized spacial score (nSPS) is 10.9. The third kappa shape index (κ3) is 3.53. The van der Waals surface area contributed by atoms with Crippen LogP contribution in [0.15, 0.2) is 48.5 Å². The molecule has 0 atom stereocenters. The van der Waals surface area contributed by atoms with Gasteiger partial charge in [-0.25, -0.2) is 9.59 Å². The maximum absolute atomic E-state index is 13.9. The minimum absolute atomic E-state index is 0.0103. The van der Waals surface area contributed by atoms with Crippen molar-refractivity contribution >= 4 is 34.1 Å². The number of methoxy groups -OCH3 is 4. The number of ether oxygens (including phenoxy) is 4. The first kappa shape index (κ1) is 22.8. The molecule has 2 heterocycles. The molecule has 4 rings (SSSR count). The molecule has 8 nitrogen and oxygen atoms in total. The van der Waals surface area contributed by atoms with E-state index in [1.54, 1.807) is 22.6 Å². The molecule has 0 aliphatic rings. The fourth-order valence-electron chi connectivity index (χ4n) is 4.12. The molecule has 0 radical (unpaired) electrons. The summed E-state index contributed by atoms with van der Waals surface area (Å²) in [6.07, 6.45) is 0. The van der Waals surface area contributed by atoms with Gasteiger partial charge in [-0.05, 0) is 48.7 Å². The second kappa shape index (κ2) is 8.90. The number of esters is 2. The highest BCUT2D eigenvalue weighted by Crippen LogP contribution is 2.34. The van der Waals surface area contributed by atoms with Crippen LogP contribution in [0.4, 0.5) is 0 Å². The standard InChI is InChI=1S/C26H23NO7/c1-14-6-9-17-15(12-14)7-10-18-21(25(29)33-4)22(26(30)34-5)23(27(17)18)24(28)16-8-11-19(31-2)20(13-16)32-3/h6-13H,1-5H3. The van der Waals surface area contributed by atoms with Crippen molar-refractivity contribution in [1.29, 1.82) is 0 Å². The van der Waals surface area contributed by atoms with Crippen LogP contribution in [0.2, 0.25) is 0 Å². The number of aromatic nitrogens is 1. The lowest BCUT2D eigenvalue weighted by Gasteiger charge is -2.11. The Balaban J connectivity index is 2.15. The summed E-state index contributed by atoms with van der Waals surface area (Å²) >= 11 is 0. The van der Waals surface area contributed by atoms with E-state index >= 15 is 0 Å². The van der Waals surface area contributed by atoms with Crippen molar-refractivity contribution in [3.8, 4) is 11.5 Å². The monoisotopic (exact) mass is 461 g/mol. The number of fused-ring (bicyclic) bond motifs is 3. The Morgan fingerprint density at radius 3 is 2.00 bits per heavy atom. The van der Waals surface area contributed by atoms with Gasteiger partial charge in [0.15, 0.2) is 11.5 Å². The number of hydrogen-bond donors (Lipinski definition) is 0. The second-order valence-electron chi connectivity index (χ2n) is 7.60. The zero-order valence-corrected chi connectivity index (χ0v) is 19.4. The lowest BCUT2D eigenvalue weighted by atomic mass is 10.0. The minimum Gasteiger partial charge on any atom is -0.493 e. The van der Waals surface area contributed by atoms with Crippen molar-refractivity contribution in [2.45, 2.75) is 6.92 Å². The first-order valence-electron chi connectivity index (χ1n) is 10.4. The molecule has 4 aromatic rings. The van der Waals surface area contributed by atoms with E-state index in [0.717, 1.165) is 10.9 Å². The van der Waals surface area contributed by atoms with Gasteiger partial charge < -0.3 is 23.3 Å². The van der Waals surface area contributed by atoms with Crippen LogP contribution >= 0.6 is 0 Å². The topological polar surface area (TPSA) is 92.5 Å². The van der Waals surface area contributed by atoms with Gasteiger partial charge in [0.25, 0.3) is 0 Å². The van der Waals surface area contributed by atoms with E-state index in [2.05, 4.69) is 0 Å². The van der Waals surface area contributed by atoms with Crippen LogP contribution < -0.4 is 9.47 Å². The Kier molecular flexibility index (Phi) is 5.98. The Morgan fingerprint density at radius 2 is 1.35 bits per heavy atom. The van der Waals surface area contributed by atoms with Crippen LogP contribution in [0.3, 0.4) is 0 Å². The van der Waals surface area contributed by atoms with E-state index in [4.69, 9.17) is 18.9 Å². The number of pyridine rings is 1. The van der Waals surface area contributed by atoms with Crippen molar-refractivity contribution in [3.05, 3.63) is 76.5 Å². The number of nitrogens with zero attached hydrogens (tertiary/aromatic N) is 1. The van der Waals surface area contributed by atoms with Crippen molar-refractivity contribution in [2.75, 3.05) is 28.4 Å². The summed E-state index contributed by atoms with van der Waals surface area (Å²) in [5.74, 6) is -1.28. The molecule has 0 unspecified atom stereocenters. The number of benzene rings is 2. The molecule has 174 valence electrons. The van der Waals surface area contributed by atoms with Crippen LogP contribution in [0.5, 0.6) is 11.5 Å². The van der Waals surface area contributed by atoms with Gasteiger partial charge in [0, 0.05) is 5.56 Å². The highest BCUT2D eigenvalue weighted by atomic mass is 16.5. The molecule has 0 fully saturated rings. The van der Waals surface area contributed by atoms with E-state index in [1.807, 2.05) is 31.2 Å². The van der Waals surface area contributed by atoms with E-state index in [9.17, 15) is 14.4 Å². The summed E-state index contributed by atoms with van der Waals surface area (Å²) in [6.45, 7) is 1.95. The second-order valence-corrected chi connectivity index (χ2v) is 7.60. The van der Waals surface area contributed by atoms with Gasteiger partial charge in [0.2, 0.25) is 5.78 Å². The van der Waals surface area contributed by atoms with Gasteiger partial charge in [-0.3, -0.25) is 4.79 Å². The smallest absolute Gasteiger partial charge is 0.341 e. The summed E-state index contributed by atoms with van der Waals surface area (Å²) in [5.41, 5.74) is 2.04. The molecule has 2 aromatic carbocycles. The number of hydrogen-bond acceptors (Lipinski definition) is 7. The summed E-state index contributed by atoms with van der Waals surface area (Å²) in [6, 6.07) is 13.9. The fourth-order valence-corrected chi connectivity index (χ4v) is 4.12. The Morgan fingerprint density at radius 1 is 0.706 bits per heavy atom. The molecule has 0 aliphatic carbocycles. The van der Waals surface area contributed by atoms with Crippen LogP contribution in [0, 0.1) is 6.92 Å². The molecule has 34 heavy (non-hydrogen) atoms. The van der Waals surface area contributed by atoms with Crippen molar-refractivity contribution in [1.82, 2.24) is 4.40 Å². The zero-order chi connectivity index (χ0) is 24.6. The molecule has 0 bridgehead atoms. The zero-order valence-electron chi connectivity index (χ0n) is 19.4. The summed E-state index contributed by atoms with van der Waals surface area (Å²) in [4.78, 5) is 39.7. The maximum atomic E-state index is 13.9. The number of rotatable bonds is 6. The fraction of sp³-hybridized carbons (Fsp3) is 0.192. The predicted octanol–water partition coefficient (Wildman–Crippen LogP) is 4.22. The molecule has 0 amide bonds. The first-order chi connectivity index (χ1) is 16.4. The molecule has 0 saturated carbocycles. The maximum Gasteiger partial charge on any atom is 0.341 e. The van der Waals surface area contributed by atoms with Crippen LogP contribution in [0.25, 0.3) is 16.4 Å². The highest BCUT2D eigenvalue weighted by Gasteiger charge is 2.34. The number of ketones is 1. The van der Waals surface area contributed by atoms with Gasteiger partial charge >= 0.3 is 11.9 Å². The van der Waals surface area contributed by atoms with Gasteiger partial charge in [-0.15, -0.1) is 0 Å². The average molecular weight is 461 g/mol. The summed E-state index contributed by atoms with van der Waals surface area (Å²) in [7, 11) is 5.36. The number of carbonyl (C=O) groups is 3. The molecule has 0 spiro atoms. The lowest BCUT2D eigenvalue weighted by molar-refractivity contribution is 0.0556. The molecule has 2 aromatic heterocycles. The Labute approximate surface area is 195 Å². The van der Waals surface area contributed by atoms with Gasteiger partial charge in [0.1, 0.15) is 16.8 Å². The summed E-state index contributed by atoms with van der Waals surface area (Å²) < 4.78 is 22.2. The van der Waals surface area contributed by atoms with Crippen molar-refractivity contribution in [2.24, 2.45) is 0 Å². The molecule has 0 aliphatic heterocycles. The van der Waals surface area contributed by atoms with E-state index in [1.165, 1.54) is 34.5 Å². The van der Waals surface area contributed by atoms with Crippen molar-refractivity contribution < 1.29 is 33.3 Å². The van der Waals surface area contributed by atoms with E-state index in [0.29, 0.717) is 22.5 Å². The van der Waals surface area contributed by atoms with Crippen molar-refractivity contribution in [3.63, 3.8) is 0 Å². The van der Waals surface area contributed by atoms with Crippen LogP contribution in [0.1, 0.15) is 42.3 Å². The molecule has 0 saturated heterocycles. The lowest BCUT2D eigenvalue weighted by Crippen LogP contribution is -2.15. The van der Waals surface area contributed by atoms with E-state index < -0.39 is 17.7 Å². The van der Waals surface area contributed by atoms with Crippen LogP contribution in [-0.2, 0) is 9.47 Å². The molecule has 8 heteroatoms. The minimum atomic E-state index is -0.826. The third-order valence-electron chi connectivity index (χ3n) is 5.69.